The van der Waals surface area contributed by atoms with Crippen LogP contribution in [0.1, 0.15) is 30.9 Å². The second-order valence-corrected chi connectivity index (χ2v) is 9.00. The number of unbranched alkanes of at least 4 members (excludes halogenated alkanes) is 1. The van der Waals surface area contributed by atoms with Crippen LogP contribution in [0, 0.1) is 17.3 Å². The van der Waals surface area contributed by atoms with Gasteiger partial charge >= 0.3 is 5.97 Å². The van der Waals surface area contributed by atoms with E-state index in [1.807, 2.05) is 12.1 Å². The number of carbonyl (C=O) groups is 1. The fourth-order valence-corrected chi connectivity index (χ4v) is 4.98. The van der Waals surface area contributed by atoms with Gasteiger partial charge in [-0.05, 0) is 81.4 Å². The monoisotopic (exact) mass is 652 g/mol. The molecule has 0 atom stereocenters. The molecule has 156 valence electrons. The van der Waals surface area contributed by atoms with E-state index in [1.165, 1.54) is 18.2 Å². The Labute approximate surface area is 204 Å². The zero-order chi connectivity index (χ0) is 21.8. The topological polar surface area (TPSA) is 91.0 Å². The molecule has 1 heterocycles. The number of halogens is 3. The highest BCUT2D eigenvalue weighted by molar-refractivity contribution is 14.1. The van der Waals surface area contributed by atoms with Crippen molar-refractivity contribution in [3.05, 3.63) is 69.4 Å². The number of aliphatic imine (C=N–C) groups is 1. The highest BCUT2D eigenvalue weighted by Crippen LogP contribution is 2.31. The molecular weight excluding hydrogens is 637 g/mol. The lowest BCUT2D eigenvalue weighted by atomic mass is 10.2. The third-order valence-corrected chi connectivity index (χ3v) is 6.00. The third kappa shape index (κ3) is 5.30. The maximum absolute atomic E-state index is 12.3. The van der Waals surface area contributed by atoms with Crippen molar-refractivity contribution in [2.45, 2.75) is 19.8 Å². The van der Waals surface area contributed by atoms with Gasteiger partial charge in [-0.15, -0.1) is 0 Å². The number of hydrogen-bond donors (Lipinski definition) is 0. The average molecular weight is 653 g/mol. The van der Waals surface area contributed by atoms with Gasteiger partial charge < -0.3 is 9.47 Å². The van der Waals surface area contributed by atoms with Gasteiger partial charge in [0.25, 0.3) is 5.69 Å². The molecule has 30 heavy (non-hydrogen) atoms. The molecule has 1 aliphatic heterocycles. The second kappa shape index (κ2) is 10.1. The minimum atomic E-state index is -0.618. The fourth-order valence-electron chi connectivity index (χ4n) is 2.59. The van der Waals surface area contributed by atoms with Crippen molar-refractivity contribution in [2.24, 2.45) is 4.99 Å². The number of nitro benzene ring substituents is 1. The molecule has 7 nitrogen and oxygen atoms in total. The summed E-state index contributed by atoms with van der Waals surface area (Å²) in [6, 6.07) is 7.68. The molecular formula is C20H15ClI2N2O5. The second-order valence-electron chi connectivity index (χ2n) is 6.27. The maximum Gasteiger partial charge on any atom is 0.363 e. The summed E-state index contributed by atoms with van der Waals surface area (Å²) in [5, 5.41) is 10.9. The minimum absolute atomic E-state index is 0.00932. The predicted molar refractivity (Wildman–Crippen MR) is 131 cm³/mol. The Morgan fingerprint density at radius 1 is 1.27 bits per heavy atom. The SMILES string of the molecule is CCCCOc1c(I)cc(/C=C2\N=C(c3ccc([N+](=O)[O-])cc3Cl)OC2=O)cc1I. The number of nitro groups is 1. The van der Waals surface area contributed by atoms with Crippen LogP contribution in [0.25, 0.3) is 6.08 Å². The van der Waals surface area contributed by atoms with E-state index in [0.29, 0.717) is 12.2 Å². The van der Waals surface area contributed by atoms with Crippen molar-refractivity contribution < 1.29 is 19.2 Å². The molecule has 1 aliphatic rings. The Balaban J connectivity index is 1.88. The van der Waals surface area contributed by atoms with E-state index in [4.69, 9.17) is 21.1 Å². The highest BCUT2D eigenvalue weighted by Gasteiger charge is 2.26. The number of non-ortho nitro benzene ring substituents is 1. The van der Waals surface area contributed by atoms with Gasteiger partial charge in [0.05, 0.1) is 29.3 Å². The molecule has 2 aromatic carbocycles. The molecule has 0 unspecified atom stereocenters. The van der Waals surface area contributed by atoms with Crippen LogP contribution in [0.15, 0.2) is 41.0 Å². The molecule has 0 saturated heterocycles. The first kappa shape index (κ1) is 22.9. The highest BCUT2D eigenvalue weighted by atomic mass is 127. The normalized spacial score (nSPS) is 14.6. The zero-order valence-electron chi connectivity index (χ0n) is 15.7. The summed E-state index contributed by atoms with van der Waals surface area (Å²) in [6.45, 7) is 2.76. The summed E-state index contributed by atoms with van der Waals surface area (Å²) >= 11 is 10.5. The smallest absolute Gasteiger partial charge is 0.363 e. The van der Waals surface area contributed by atoms with Crippen LogP contribution in [0.3, 0.4) is 0 Å². The number of hydrogen-bond acceptors (Lipinski definition) is 6. The van der Waals surface area contributed by atoms with Gasteiger partial charge in [0.2, 0.25) is 5.90 Å². The molecule has 0 radical (unpaired) electrons. The summed E-state index contributed by atoms with van der Waals surface area (Å²) in [5.74, 6) is 0.213. The first-order valence-corrected chi connectivity index (χ1v) is 11.4. The van der Waals surface area contributed by atoms with Crippen LogP contribution in [0.5, 0.6) is 5.75 Å². The van der Waals surface area contributed by atoms with Crippen molar-refractivity contribution in [1.29, 1.82) is 0 Å². The molecule has 3 rings (SSSR count). The van der Waals surface area contributed by atoms with E-state index in [0.717, 1.165) is 31.3 Å². The van der Waals surface area contributed by atoms with Crippen molar-refractivity contribution >= 4 is 80.4 Å². The van der Waals surface area contributed by atoms with E-state index in [2.05, 4.69) is 57.1 Å². The van der Waals surface area contributed by atoms with Crippen LogP contribution < -0.4 is 4.74 Å². The van der Waals surface area contributed by atoms with Crippen LogP contribution in [0.4, 0.5) is 5.69 Å². The fraction of sp³-hybridized carbons (Fsp3) is 0.200. The largest absolute Gasteiger partial charge is 0.491 e. The Kier molecular flexibility index (Phi) is 7.69. The van der Waals surface area contributed by atoms with E-state index >= 15 is 0 Å². The van der Waals surface area contributed by atoms with E-state index in [-0.39, 0.29) is 22.3 Å². The van der Waals surface area contributed by atoms with Crippen LogP contribution in [0.2, 0.25) is 5.02 Å². The molecule has 0 fully saturated rings. The molecule has 0 bridgehead atoms. The standard InChI is InChI=1S/C20H15ClI2N2O5/c1-2-3-6-29-18-15(22)7-11(8-16(18)23)9-17-20(26)30-19(24-17)13-5-4-12(25(27)28)10-14(13)21/h4-5,7-10H,2-3,6H2,1H3/b17-9-. The van der Waals surface area contributed by atoms with Crippen molar-refractivity contribution in [2.75, 3.05) is 6.61 Å². The molecule has 0 aliphatic carbocycles. The summed E-state index contributed by atoms with van der Waals surface area (Å²) in [6.07, 6.45) is 3.65. The molecule has 0 amide bonds. The zero-order valence-corrected chi connectivity index (χ0v) is 20.7. The Morgan fingerprint density at radius 3 is 2.57 bits per heavy atom. The first-order chi connectivity index (χ1) is 14.3. The number of nitrogens with zero attached hydrogens (tertiary/aromatic N) is 2. The first-order valence-electron chi connectivity index (χ1n) is 8.89. The number of esters is 1. The number of cyclic esters (lactones) is 1. The third-order valence-electron chi connectivity index (χ3n) is 4.08. The van der Waals surface area contributed by atoms with E-state index in [9.17, 15) is 14.9 Å². The van der Waals surface area contributed by atoms with Crippen LogP contribution in [-0.2, 0) is 9.53 Å². The Morgan fingerprint density at radius 2 is 1.97 bits per heavy atom. The predicted octanol–water partition coefficient (Wildman–Crippen LogP) is 5.98. The van der Waals surface area contributed by atoms with Gasteiger partial charge in [0.1, 0.15) is 5.75 Å². The van der Waals surface area contributed by atoms with Crippen LogP contribution in [-0.4, -0.2) is 23.4 Å². The summed E-state index contributed by atoms with van der Waals surface area (Å²) in [4.78, 5) is 26.8. The van der Waals surface area contributed by atoms with Crippen LogP contribution >= 0.6 is 56.8 Å². The lowest BCUT2D eigenvalue weighted by molar-refractivity contribution is -0.384. The summed E-state index contributed by atoms with van der Waals surface area (Å²) in [5.41, 5.74) is 1.04. The number of ether oxygens (including phenoxy) is 2. The maximum atomic E-state index is 12.3. The van der Waals surface area contributed by atoms with Gasteiger partial charge in [-0.25, -0.2) is 9.79 Å². The molecule has 0 N–H and O–H groups in total. The lowest BCUT2D eigenvalue weighted by Gasteiger charge is -2.11. The molecule has 0 spiro atoms. The van der Waals surface area contributed by atoms with Gasteiger partial charge in [-0.3, -0.25) is 10.1 Å². The lowest BCUT2D eigenvalue weighted by Crippen LogP contribution is -2.06. The number of carbonyl (C=O) groups excluding carboxylic acids is 1. The van der Waals surface area contributed by atoms with E-state index in [1.54, 1.807) is 6.08 Å². The molecule has 10 heteroatoms. The quantitative estimate of drug-likeness (QED) is 0.0917. The van der Waals surface area contributed by atoms with E-state index < -0.39 is 10.9 Å². The molecule has 2 aromatic rings. The number of benzene rings is 2. The Bertz CT molecular complexity index is 1060. The minimum Gasteiger partial charge on any atom is -0.491 e. The summed E-state index contributed by atoms with van der Waals surface area (Å²) in [7, 11) is 0. The average Bonchev–Trinajstić information content (AvgIpc) is 3.04. The van der Waals surface area contributed by atoms with Gasteiger partial charge in [0.15, 0.2) is 5.70 Å². The van der Waals surface area contributed by atoms with Crippen molar-refractivity contribution in [3.8, 4) is 5.75 Å². The van der Waals surface area contributed by atoms with Gasteiger partial charge in [0, 0.05) is 12.1 Å². The molecule has 0 aromatic heterocycles. The van der Waals surface area contributed by atoms with Gasteiger partial charge in [-0.2, -0.15) is 0 Å². The molecule has 0 saturated carbocycles. The van der Waals surface area contributed by atoms with Crippen molar-refractivity contribution in [3.63, 3.8) is 0 Å². The number of rotatable bonds is 7. The van der Waals surface area contributed by atoms with Gasteiger partial charge in [-0.1, -0.05) is 24.9 Å². The van der Waals surface area contributed by atoms with Crippen molar-refractivity contribution in [1.82, 2.24) is 0 Å². The summed E-state index contributed by atoms with van der Waals surface area (Å²) < 4.78 is 12.9. The Hall–Kier alpha value is -1.73.